The van der Waals surface area contributed by atoms with E-state index in [2.05, 4.69) is 13.0 Å². The van der Waals surface area contributed by atoms with Crippen LogP contribution in [0.1, 0.15) is 27.0 Å². The Morgan fingerprint density at radius 3 is 2.42 bits per heavy atom. The maximum Gasteiger partial charge on any atom is 0.150 e. The fraction of sp³-hybridized carbons (Fsp3) is 0.188. The maximum absolute atomic E-state index is 11.0. The first-order chi connectivity index (χ1) is 9.10. The number of carbonyl (C=O) groups excluding carboxylic acids is 1. The van der Waals surface area contributed by atoms with Crippen LogP contribution in [0.4, 0.5) is 0 Å². The van der Waals surface area contributed by atoms with E-state index in [1.807, 2.05) is 37.3 Å². The molecule has 98 valence electrons. The summed E-state index contributed by atoms with van der Waals surface area (Å²) in [5, 5.41) is 0.749. The van der Waals surface area contributed by atoms with Gasteiger partial charge >= 0.3 is 0 Å². The van der Waals surface area contributed by atoms with Gasteiger partial charge in [-0.1, -0.05) is 17.7 Å². The van der Waals surface area contributed by atoms with Crippen LogP contribution < -0.4 is 0 Å². The summed E-state index contributed by atoms with van der Waals surface area (Å²) in [6, 6.07) is 11.9. The van der Waals surface area contributed by atoms with Gasteiger partial charge in [0.15, 0.2) is 0 Å². The fourth-order valence-electron chi connectivity index (χ4n) is 1.89. The quantitative estimate of drug-likeness (QED) is 0.578. The average Bonchev–Trinajstić information content (AvgIpc) is 2.40. The summed E-state index contributed by atoms with van der Waals surface area (Å²) in [6.07, 6.45) is 0.922. The summed E-state index contributed by atoms with van der Waals surface area (Å²) in [7, 11) is 0. The first-order valence-corrected chi connectivity index (χ1v) is 7.40. The third kappa shape index (κ3) is 3.62. The van der Waals surface area contributed by atoms with E-state index in [1.165, 1.54) is 16.0 Å². The normalized spacial score (nSPS) is 10.5. The van der Waals surface area contributed by atoms with Crippen molar-refractivity contribution in [3.63, 3.8) is 0 Å². The second kappa shape index (κ2) is 6.27. The predicted octanol–water partition coefficient (Wildman–Crippen LogP) is 5.06. The molecule has 19 heavy (non-hydrogen) atoms. The average molecular weight is 291 g/mol. The summed E-state index contributed by atoms with van der Waals surface area (Å²) in [6.45, 7) is 4.05. The minimum atomic E-state index is 0.749. The second-order valence-electron chi connectivity index (χ2n) is 4.50. The van der Waals surface area contributed by atoms with E-state index in [9.17, 15) is 4.79 Å². The van der Waals surface area contributed by atoms with Gasteiger partial charge < -0.3 is 0 Å². The minimum Gasteiger partial charge on any atom is -0.298 e. The molecule has 0 spiro atoms. The van der Waals surface area contributed by atoms with Gasteiger partial charge in [-0.05, 0) is 60.9 Å². The van der Waals surface area contributed by atoms with Crippen molar-refractivity contribution in [1.29, 1.82) is 0 Å². The number of aldehydes is 1. The van der Waals surface area contributed by atoms with Gasteiger partial charge in [0.1, 0.15) is 6.29 Å². The molecule has 0 radical (unpaired) electrons. The van der Waals surface area contributed by atoms with Crippen molar-refractivity contribution in [2.75, 3.05) is 0 Å². The predicted molar refractivity (Wildman–Crippen MR) is 82.3 cm³/mol. The van der Waals surface area contributed by atoms with Crippen LogP contribution in [-0.4, -0.2) is 6.29 Å². The Hall–Kier alpha value is -1.25. The Kier molecular flexibility index (Phi) is 4.67. The zero-order valence-corrected chi connectivity index (χ0v) is 12.5. The third-order valence-electron chi connectivity index (χ3n) is 3.06. The molecular formula is C16H15ClOS. The summed E-state index contributed by atoms with van der Waals surface area (Å²) < 4.78 is 0. The van der Waals surface area contributed by atoms with Crippen LogP contribution in [0, 0.1) is 13.8 Å². The summed E-state index contributed by atoms with van der Waals surface area (Å²) in [5.41, 5.74) is 4.24. The van der Waals surface area contributed by atoms with Gasteiger partial charge in [-0.15, -0.1) is 11.8 Å². The van der Waals surface area contributed by atoms with Crippen LogP contribution in [0.2, 0.25) is 5.02 Å². The van der Waals surface area contributed by atoms with Crippen LogP contribution in [0.25, 0.3) is 0 Å². The van der Waals surface area contributed by atoms with Crippen LogP contribution in [0.3, 0.4) is 0 Å². The van der Waals surface area contributed by atoms with Crippen LogP contribution in [-0.2, 0) is 5.75 Å². The highest BCUT2D eigenvalue weighted by Crippen LogP contribution is 2.26. The number of hydrogen-bond acceptors (Lipinski definition) is 2. The lowest BCUT2D eigenvalue weighted by molar-refractivity contribution is 0.112. The zero-order chi connectivity index (χ0) is 13.8. The molecule has 0 aromatic heterocycles. The highest BCUT2D eigenvalue weighted by atomic mass is 35.5. The molecule has 2 rings (SSSR count). The highest BCUT2D eigenvalue weighted by molar-refractivity contribution is 7.98. The lowest BCUT2D eigenvalue weighted by Crippen LogP contribution is -1.94. The molecule has 3 heteroatoms. The van der Waals surface area contributed by atoms with E-state index in [0.717, 1.165) is 28.2 Å². The number of aryl methyl sites for hydroxylation is 2. The molecule has 2 aromatic rings. The fourth-order valence-corrected chi connectivity index (χ4v) is 2.98. The van der Waals surface area contributed by atoms with Crippen LogP contribution in [0.15, 0.2) is 41.3 Å². The van der Waals surface area contributed by atoms with E-state index in [1.54, 1.807) is 11.8 Å². The molecule has 0 aliphatic carbocycles. The lowest BCUT2D eigenvalue weighted by atomic mass is 10.0. The van der Waals surface area contributed by atoms with E-state index >= 15 is 0 Å². The largest absolute Gasteiger partial charge is 0.298 e. The van der Waals surface area contributed by atoms with Crippen molar-refractivity contribution in [2.45, 2.75) is 24.5 Å². The summed E-state index contributed by atoms with van der Waals surface area (Å²) in [5.74, 6) is 0.856. The van der Waals surface area contributed by atoms with Crippen LogP contribution >= 0.6 is 23.4 Å². The zero-order valence-electron chi connectivity index (χ0n) is 10.9. The van der Waals surface area contributed by atoms with Crippen molar-refractivity contribution >= 4 is 29.6 Å². The van der Waals surface area contributed by atoms with Gasteiger partial charge in [0.05, 0.1) is 0 Å². The molecule has 0 atom stereocenters. The standard InChI is InChI=1S/C16H15ClOS/c1-11-7-12(2)14(8-13(11)9-18)10-19-16-5-3-15(17)4-6-16/h3-9H,10H2,1-2H3. The van der Waals surface area contributed by atoms with Crippen molar-refractivity contribution in [3.05, 3.63) is 63.7 Å². The topological polar surface area (TPSA) is 17.1 Å². The molecule has 0 aliphatic rings. The number of halogens is 1. The first-order valence-electron chi connectivity index (χ1n) is 6.04. The Balaban J connectivity index is 2.15. The highest BCUT2D eigenvalue weighted by Gasteiger charge is 2.05. The molecule has 0 saturated carbocycles. The van der Waals surface area contributed by atoms with Crippen molar-refractivity contribution < 1.29 is 4.79 Å². The molecule has 0 fully saturated rings. The van der Waals surface area contributed by atoms with Gasteiger partial charge in [0.25, 0.3) is 0 Å². The summed E-state index contributed by atoms with van der Waals surface area (Å²) in [4.78, 5) is 12.2. The Morgan fingerprint density at radius 1 is 1.11 bits per heavy atom. The van der Waals surface area contributed by atoms with Gasteiger partial charge in [0.2, 0.25) is 0 Å². The van der Waals surface area contributed by atoms with Gasteiger partial charge in [-0.3, -0.25) is 4.79 Å². The molecule has 1 nitrogen and oxygen atoms in total. The third-order valence-corrected chi connectivity index (χ3v) is 4.37. The Labute approximate surface area is 123 Å². The Bertz CT molecular complexity index is 590. The molecule has 0 N–H and O–H groups in total. The molecule has 0 heterocycles. The molecule has 0 aliphatic heterocycles. The summed E-state index contributed by atoms with van der Waals surface area (Å²) >= 11 is 7.61. The number of benzene rings is 2. The number of carbonyl (C=O) groups is 1. The smallest absolute Gasteiger partial charge is 0.150 e. The number of rotatable bonds is 4. The molecule has 0 amide bonds. The van der Waals surface area contributed by atoms with Gasteiger partial charge in [-0.25, -0.2) is 0 Å². The van der Waals surface area contributed by atoms with Crippen LogP contribution in [0.5, 0.6) is 0 Å². The lowest BCUT2D eigenvalue weighted by Gasteiger charge is -2.09. The SMILES string of the molecule is Cc1cc(C)c(CSc2ccc(Cl)cc2)cc1C=O. The Morgan fingerprint density at radius 2 is 1.79 bits per heavy atom. The van der Waals surface area contributed by atoms with Crippen molar-refractivity contribution in [1.82, 2.24) is 0 Å². The van der Waals surface area contributed by atoms with Crippen molar-refractivity contribution in [2.24, 2.45) is 0 Å². The molecule has 0 saturated heterocycles. The minimum absolute atomic E-state index is 0.749. The van der Waals surface area contributed by atoms with E-state index in [0.29, 0.717) is 0 Å². The number of thioether (sulfide) groups is 1. The van der Waals surface area contributed by atoms with E-state index < -0.39 is 0 Å². The second-order valence-corrected chi connectivity index (χ2v) is 5.98. The molecule has 2 aromatic carbocycles. The monoisotopic (exact) mass is 290 g/mol. The van der Waals surface area contributed by atoms with Gasteiger partial charge in [0, 0.05) is 21.2 Å². The maximum atomic E-state index is 11.0. The molecular weight excluding hydrogens is 276 g/mol. The molecule has 0 unspecified atom stereocenters. The van der Waals surface area contributed by atoms with Gasteiger partial charge in [-0.2, -0.15) is 0 Å². The van der Waals surface area contributed by atoms with E-state index in [4.69, 9.17) is 11.6 Å². The van der Waals surface area contributed by atoms with Crippen molar-refractivity contribution in [3.8, 4) is 0 Å². The molecule has 0 bridgehead atoms. The van der Waals surface area contributed by atoms with E-state index in [-0.39, 0.29) is 0 Å². The number of hydrogen-bond donors (Lipinski definition) is 0. The first kappa shape index (κ1) is 14.2.